The Labute approximate surface area is 114 Å². The van der Waals surface area contributed by atoms with Gasteiger partial charge in [0.2, 0.25) is 0 Å². The molecule has 2 N–H and O–H groups in total. The van der Waals surface area contributed by atoms with E-state index in [1.54, 1.807) is 0 Å². The zero-order valence-electron chi connectivity index (χ0n) is 11.6. The van der Waals surface area contributed by atoms with Crippen molar-refractivity contribution in [3.63, 3.8) is 0 Å². The molecule has 0 heterocycles. The van der Waals surface area contributed by atoms with Gasteiger partial charge >= 0.3 is 12.0 Å². The average molecular weight is 268 g/mol. The van der Waals surface area contributed by atoms with E-state index in [0.29, 0.717) is 5.92 Å². The van der Waals surface area contributed by atoms with Crippen molar-refractivity contribution in [2.45, 2.75) is 64.0 Å². The fraction of sp³-hybridized carbons (Fsp3) is 0.857. The number of carbonyl (C=O) groups is 2. The summed E-state index contributed by atoms with van der Waals surface area (Å²) in [5, 5.41) is 12.0. The van der Waals surface area contributed by atoms with Crippen LogP contribution < -0.4 is 5.32 Å². The summed E-state index contributed by atoms with van der Waals surface area (Å²) in [6.45, 7) is 1.97. The molecule has 2 saturated carbocycles. The summed E-state index contributed by atoms with van der Waals surface area (Å²) in [6, 6.07) is 0.197. The average Bonchev–Trinajstić information content (AvgIpc) is 2.89. The molecule has 0 spiro atoms. The molecule has 0 aromatic heterocycles. The van der Waals surface area contributed by atoms with Crippen LogP contribution in [0.5, 0.6) is 0 Å². The maximum absolute atomic E-state index is 12.2. The Kier molecular flexibility index (Phi) is 4.66. The van der Waals surface area contributed by atoms with Crippen LogP contribution in [0.4, 0.5) is 4.79 Å². The van der Waals surface area contributed by atoms with E-state index in [2.05, 4.69) is 12.2 Å². The zero-order valence-corrected chi connectivity index (χ0v) is 11.6. The quantitative estimate of drug-likeness (QED) is 0.776. The molecule has 0 radical (unpaired) electrons. The first kappa shape index (κ1) is 14.2. The van der Waals surface area contributed by atoms with Gasteiger partial charge in [-0.25, -0.2) is 4.79 Å². The molecule has 2 unspecified atom stereocenters. The van der Waals surface area contributed by atoms with Crippen molar-refractivity contribution in [1.29, 1.82) is 0 Å². The first-order valence-electron chi connectivity index (χ1n) is 7.40. The number of carboxylic acid groups (broad SMARTS) is 1. The summed E-state index contributed by atoms with van der Waals surface area (Å²) in [5.41, 5.74) is 0. The maximum Gasteiger partial charge on any atom is 0.323 e. The molecule has 5 heteroatoms. The predicted octanol–water partition coefficient (Wildman–Crippen LogP) is 2.21. The van der Waals surface area contributed by atoms with Gasteiger partial charge in [0.15, 0.2) is 0 Å². The molecule has 2 fully saturated rings. The molecular formula is C14H24N2O3. The van der Waals surface area contributed by atoms with Gasteiger partial charge < -0.3 is 15.3 Å². The molecular weight excluding hydrogens is 244 g/mol. The summed E-state index contributed by atoms with van der Waals surface area (Å²) in [5.74, 6) is -0.327. The van der Waals surface area contributed by atoms with Gasteiger partial charge in [0.1, 0.15) is 6.54 Å². The highest BCUT2D eigenvalue weighted by Gasteiger charge is 2.39. The second-order valence-corrected chi connectivity index (χ2v) is 5.80. The number of carbonyl (C=O) groups excluding carboxylic acids is 1. The van der Waals surface area contributed by atoms with Gasteiger partial charge in [-0.05, 0) is 31.6 Å². The summed E-state index contributed by atoms with van der Waals surface area (Å²) >= 11 is 0. The third kappa shape index (κ3) is 3.85. The van der Waals surface area contributed by atoms with Crippen molar-refractivity contribution in [1.82, 2.24) is 10.2 Å². The van der Waals surface area contributed by atoms with Crippen LogP contribution in [0.15, 0.2) is 0 Å². The van der Waals surface area contributed by atoms with Crippen LogP contribution >= 0.6 is 0 Å². The fourth-order valence-electron chi connectivity index (χ4n) is 3.08. The monoisotopic (exact) mass is 268 g/mol. The molecule has 0 aromatic carbocycles. The molecule has 2 aliphatic carbocycles. The first-order chi connectivity index (χ1) is 9.11. The topological polar surface area (TPSA) is 69.6 Å². The van der Waals surface area contributed by atoms with Crippen molar-refractivity contribution in [3.05, 3.63) is 0 Å². The first-order valence-corrected chi connectivity index (χ1v) is 7.40. The molecule has 108 valence electrons. The zero-order chi connectivity index (χ0) is 13.8. The number of rotatable bonds is 6. The number of hydrogen-bond acceptors (Lipinski definition) is 2. The normalized spacial score (nSPS) is 26.2. The molecule has 2 atom stereocenters. The number of carboxylic acids is 1. The summed E-state index contributed by atoms with van der Waals surface area (Å²) in [7, 11) is 0. The second kappa shape index (κ2) is 6.26. The van der Waals surface area contributed by atoms with E-state index in [0.717, 1.165) is 44.9 Å². The highest BCUT2D eigenvalue weighted by atomic mass is 16.4. The van der Waals surface area contributed by atoms with Crippen molar-refractivity contribution >= 4 is 12.0 Å². The third-order valence-electron chi connectivity index (χ3n) is 4.22. The van der Waals surface area contributed by atoms with E-state index >= 15 is 0 Å². The minimum Gasteiger partial charge on any atom is -0.480 e. The van der Waals surface area contributed by atoms with Crippen LogP contribution in [0.1, 0.15) is 51.9 Å². The van der Waals surface area contributed by atoms with E-state index in [4.69, 9.17) is 5.11 Å². The third-order valence-corrected chi connectivity index (χ3v) is 4.22. The van der Waals surface area contributed by atoms with Crippen LogP contribution in [-0.4, -0.2) is 40.6 Å². The minimum atomic E-state index is -0.928. The lowest BCUT2D eigenvalue weighted by atomic mass is 10.2. The van der Waals surface area contributed by atoms with Gasteiger partial charge in [-0.15, -0.1) is 0 Å². The molecule has 19 heavy (non-hydrogen) atoms. The fourth-order valence-corrected chi connectivity index (χ4v) is 3.08. The standard InChI is InChI=1S/C14H24N2O3/c1-2-5-10-8-12(10)15-14(19)16(9-13(17)18)11-6-3-4-7-11/h10-12H,2-9H2,1H3,(H,15,19)(H,17,18). The summed E-state index contributed by atoms with van der Waals surface area (Å²) in [6.07, 6.45) is 7.39. The predicted molar refractivity (Wildman–Crippen MR) is 71.9 cm³/mol. The highest BCUT2D eigenvalue weighted by Crippen LogP contribution is 2.35. The van der Waals surface area contributed by atoms with E-state index in [1.807, 2.05) is 0 Å². The molecule has 0 aliphatic heterocycles. The van der Waals surface area contributed by atoms with E-state index in [1.165, 1.54) is 4.90 Å². The Balaban J connectivity index is 1.86. The Morgan fingerprint density at radius 3 is 2.58 bits per heavy atom. The van der Waals surface area contributed by atoms with Crippen molar-refractivity contribution < 1.29 is 14.7 Å². The smallest absolute Gasteiger partial charge is 0.323 e. The van der Waals surface area contributed by atoms with E-state index in [-0.39, 0.29) is 24.7 Å². The van der Waals surface area contributed by atoms with Crippen LogP contribution in [0, 0.1) is 5.92 Å². The SMILES string of the molecule is CCCC1CC1NC(=O)N(CC(=O)O)C1CCCC1. The van der Waals surface area contributed by atoms with E-state index < -0.39 is 5.97 Å². The van der Waals surface area contributed by atoms with Crippen LogP contribution in [0.2, 0.25) is 0 Å². The summed E-state index contributed by atoms with van der Waals surface area (Å²) in [4.78, 5) is 24.7. The number of aliphatic carboxylic acids is 1. The van der Waals surface area contributed by atoms with Gasteiger partial charge in [-0.2, -0.15) is 0 Å². The maximum atomic E-state index is 12.2. The Hall–Kier alpha value is -1.26. The van der Waals surface area contributed by atoms with Crippen LogP contribution in [0.25, 0.3) is 0 Å². The largest absolute Gasteiger partial charge is 0.480 e. The highest BCUT2D eigenvalue weighted by molar-refractivity contribution is 5.80. The number of urea groups is 1. The molecule has 0 aromatic rings. The van der Waals surface area contributed by atoms with Crippen molar-refractivity contribution in [3.8, 4) is 0 Å². The number of amides is 2. The molecule has 0 bridgehead atoms. The minimum absolute atomic E-state index is 0.111. The molecule has 0 saturated heterocycles. The van der Waals surface area contributed by atoms with Gasteiger partial charge in [0.05, 0.1) is 0 Å². The van der Waals surface area contributed by atoms with Crippen molar-refractivity contribution in [2.24, 2.45) is 5.92 Å². The van der Waals surface area contributed by atoms with E-state index in [9.17, 15) is 9.59 Å². The van der Waals surface area contributed by atoms with Crippen molar-refractivity contribution in [2.75, 3.05) is 6.54 Å². The van der Waals surface area contributed by atoms with Crippen LogP contribution in [0.3, 0.4) is 0 Å². The number of nitrogens with one attached hydrogen (secondary N) is 1. The van der Waals surface area contributed by atoms with Gasteiger partial charge in [0, 0.05) is 12.1 Å². The lowest BCUT2D eigenvalue weighted by molar-refractivity contribution is -0.138. The Morgan fingerprint density at radius 2 is 2.00 bits per heavy atom. The van der Waals surface area contributed by atoms with Crippen LogP contribution in [-0.2, 0) is 4.79 Å². The summed E-state index contributed by atoms with van der Waals surface area (Å²) < 4.78 is 0. The van der Waals surface area contributed by atoms with Gasteiger partial charge in [0.25, 0.3) is 0 Å². The van der Waals surface area contributed by atoms with Gasteiger partial charge in [-0.3, -0.25) is 4.79 Å². The Bertz CT molecular complexity index is 340. The lowest BCUT2D eigenvalue weighted by Gasteiger charge is -2.27. The molecule has 5 nitrogen and oxygen atoms in total. The lowest BCUT2D eigenvalue weighted by Crippen LogP contribution is -2.48. The second-order valence-electron chi connectivity index (χ2n) is 5.80. The number of nitrogens with zero attached hydrogens (tertiary/aromatic N) is 1. The Morgan fingerprint density at radius 1 is 1.32 bits per heavy atom. The number of hydrogen-bond donors (Lipinski definition) is 2. The molecule has 2 rings (SSSR count). The molecule has 2 aliphatic rings. The van der Waals surface area contributed by atoms with Gasteiger partial charge in [-0.1, -0.05) is 26.2 Å². The molecule has 2 amide bonds.